The fourth-order valence-corrected chi connectivity index (χ4v) is 4.19. The van der Waals surface area contributed by atoms with Crippen molar-refractivity contribution >= 4 is 35.0 Å². The van der Waals surface area contributed by atoms with Crippen LogP contribution in [0.2, 0.25) is 5.02 Å². The summed E-state index contributed by atoms with van der Waals surface area (Å²) in [5.74, 6) is -0.342. The van der Waals surface area contributed by atoms with Gasteiger partial charge in [0, 0.05) is 18.0 Å². The molecule has 1 aliphatic rings. The van der Waals surface area contributed by atoms with Crippen LogP contribution in [0.1, 0.15) is 23.6 Å². The first kappa shape index (κ1) is 21.0. The molecule has 1 atom stereocenters. The van der Waals surface area contributed by atoms with Crippen molar-refractivity contribution in [2.45, 2.75) is 37.0 Å². The molecule has 2 aromatic carbocycles. The van der Waals surface area contributed by atoms with Crippen LogP contribution >= 0.6 is 23.4 Å². The third-order valence-corrected chi connectivity index (χ3v) is 6.03. The average Bonchev–Trinajstić information content (AvgIpc) is 2.67. The number of carbonyl (C=O) groups is 1. The highest BCUT2D eigenvalue weighted by Gasteiger charge is 2.34. The predicted octanol–water partition coefficient (Wildman–Crippen LogP) is 5.47. The van der Waals surface area contributed by atoms with E-state index in [1.165, 1.54) is 29.0 Å². The zero-order chi connectivity index (χ0) is 20.5. The Morgan fingerprint density at radius 2 is 1.93 bits per heavy atom. The van der Waals surface area contributed by atoms with Crippen molar-refractivity contribution in [1.82, 2.24) is 4.90 Å². The Hall–Kier alpha value is -1.70. The molecular weight excluding hydrogens is 409 g/mol. The van der Waals surface area contributed by atoms with Crippen LogP contribution in [0.15, 0.2) is 41.3 Å². The van der Waals surface area contributed by atoms with Crippen LogP contribution in [-0.2, 0) is 23.9 Å². The van der Waals surface area contributed by atoms with Crippen LogP contribution in [0.25, 0.3) is 0 Å². The maximum absolute atomic E-state index is 13.2. The molecule has 0 spiro atoms. The van der Waals surface area contributed by atoms with E-state index in [0.29, 0.717) is 11.4 Å². The second kappa shape index (κ2) is 8.35. The van der Waals surface area contributed by atoms with E-state index in [4.69, 9.17) is 11.6 Å². The number of benzene rings is 2. The number of anilines is 1. The number of hydrogen-bond acceptors (Lipinski definition) is 3. The quantitative estimate of drug-likeness (QED) is 0.656. The Morgan fingerprint density at radius 1 is 1.25 bits per heavy atom. The molecule has 1 N–H and O–H groups in total. The summed E-state index contributed by atoms with van der Waals surface area (Å²) in [4.78, 5) is 15.3. The Morgan fingerprint density at radius 3 is 2.57 bits per heavy atom. The average molecular weight is 429 g/mol. The first-order valence-electron chi connectivity index (χ1n) is 8.77. The predicted molar refractivity (Wildman–Crippen MR) is 107 cm³/mol. The molecule has 28 heavy (non-hydrogen) atoms. The molecule has 3 nitrogen and oxygen atoms in total. The molecule has 0 aliphatic carbocycles. The molecule has 0 saturated carbocycles. The summed E-state index contributed by atoms with van der Waals surface area (Å²) in [5, 5.41) is 2.28. The zero-order valence-electron chi connectivity index (χ0n) is 15.4. The van der Waals surface area contributed by atoms with Crippen LogP contribution in [0, 0.1) is 0 Å². The van der Waals surface area contributed by atoms with E-state index in [0.717, 1.165) is 19.0 Å². The van der Waals surface area contributed by atoms with Crippen LogP contribution in [-0.4, -0.2) is 29.6 Å². The molecule has 0 saturated heterocycles. The Balaban J connectivity index is 1.79. The van der Waals surface area contributed by atoms with Crippen molar-refractivity contribution in [1.29, 1.82) is 0 Å². The van der Waals surface area contributed by atoms with Crippen LogP contribution < -0.4 is 5.32 Å². The number of hydrogen-bond donors (Lipinski definition) is 1. The van der Waals surface area contributed by atoms with Gasteiger partial charge >= 0.3 is 6.18 Å². The highest BCUT2D eigenvalue weighted by molar-refractivity contribution is 7.98. The third kappa shape index (κ3) is 4.47. The van der Waals surface area contributed by atoms with Crippen molar-refractivity contribution in [3.05, 3.63) is 58.1 Å². The molecule has 0 fully saturated rings. The number of amides is 1. The van der Waals surface area contributed by atoms with E-state index >= 15 is 0 Å². The van der Waals surface area contributed by atoms with Gasteiger partial charge in [-0.1, -0.05) is 35.9 Å². The van der Waals surface area contributed by atoms with E-state index in [1.54, 1.807) is 13.2 Å². The molecule has 1 unspecified atom stereocenters. The molecular formula is C20H20ClF3N2OS. The van der Waals surface area contributed by atoms with Gasteiger partial charge in [0.1, 0.15) is 0 Å². The van der Waals surface area contributed by atoms with E-state index in [1.807, 2.05) is 23.1 Å². The summed E-state index contributed by atoms with van der Waals surface area (Å²) in [5.41, 5.74) is 1.60. The minimum Gasteiger partial charge on any atom is -0.324 e. The highest BCUT2D eigenvalue weighted by Crippen LogP contribution is 2.40. The lowest BCUT2D eigenvalue weighted by atomic mass is 9.99. The van der Waals surface area contributed by atoms with Gasteiger partial charge in [0.05, 0.1) is 22.3 Å². The molecule has 2 aromatic rings. The van der Waals surface area contributed by atoms with Gasteiger partial charge < -0.3 is 5.32 Å². The first-order valence-corrected chi connectivity index (χ1v) is 10.4. The summed E-state index contributed by atoms with van der Waals surface area (Å²) in [6.45, 7) is 3.12. The first-order chi connectivity index (χ1) is 13.2. The summed E-state index contributed by atoms with van der Waals surface area (Å²) in [7, 11) is 0. The second-order valence-corrected chi connectivity index (χ2v) is 7.94. The molecule has 8 heteroatoms. The topological polar surface area (TPSA) is 32.3 Å². The van der Waals surface area contributed by atoms with Crippen LogP contribution in [0.3, 0.4) is 0 Å². The number of nitrogens with zero attached hydrogens (tertiary/aromatic N) is 1. The van der Waals surface area contributed by atoms with Crippen molar-refractivity contribution in [3.8, 4) is 0 Å². The van der Waals surface area contributed by atoms with Gasteiger partial charge in [-0.3, -0.25) is 9.69 Å². The molecule has 1 heterocycles. The number of alkyl halides is 3. The van der Waals surface area contributed by atoms with Crippen LogP contribution in [0.4, 0.5) is 18.9 Å². The minimum absolute atomic E-state index is 0.124. The maximum Gasteiger partial charge on any atom is 0.417 e. The molecule has 0 radical (unpaired) electrons. The Labute approximate surface area is 171 Å². The fraction of sp³-hybridized carbons (Fsp3) is 0.350. The Bertz CT molecular complexity index is 888. The van der Waals surface area contributed by atoms with E-state index in [-0.39, 0.29) is 16.6 Å². The van der Waals surface area contributed by atoms with Gasteiger partial charge in [-0.2, -0.15) is 13.2 Å². The lowest BCUT2D eigenvalue weighted by molar-refractivity contribution is -0.137. The fourth-order valence-electron chi connectivity index (χ4n) is 3.29. The SMILES string of the molecule is CSc1cc(Cl)c(C(F)(F)F)cc1NC(=O)C(C)N1CCc2ccccc2C1. The van der Waals surface area contributed by atoms with Gasteiger partial charge in [0.15, 0.2) is 0 Å². The Kier molecular flexibility index (Phi) is 6.27. The second-order valence-electron chi connectivity index (χ2n) is 6.68. The molecule has 1 amide bonds. The van der Waals surface area contributed by atoms with Gasteiger partial charge in [-0.25, -0.2) is 0 Å². The number of thioether (sulfide) groups is 1. The lowest BCUT2D eigenvalue weighted by Crippen LogP contribution is -2.44. The lowest BCUT2D eigenvalue weighted by Gasteiger charge is -2.33. The molecule has 0 aromatic heterocycles. The number of carbonyl (C=O) groups excluding carboxylic acids is 1. The molecule has 1 aliphatic heterocycles. The molecule has 3 rings (SSSR count). The third-order valence-electron chi connectivity index (χ3n) is 4.94. The number of nitrogens with one attached hydrogen (secondary N) is 1. The van der Waals surface area contributed by atoms with E-state index in [9.17, 15) is 18.0 Å². The normalized spacial score (nSPS) is 15.8. The standard InChI is InChI=1S/C20H20ClF3N2OS/c1-12(26-8-7-13-5-3-4-6-14(13)11-26)19(27)25-17-9-15(20(22,23)24)16(21)10-18(17)28-2/h3-6,9-10,12H,7-8,11H2,1-2H3,(H,25,27). The van der Waals surface area contributed by atoms with Gasteiger partial charge in [0.2, 0.25) is 5.91 Å². The molecule has 0 bridgehead atoms. The summed E-state index contributed by atoms with van der Waals surface area (Å²) >= 11 is 7.01. The van der Waals surface area contributed by atoms with E-state index in [2.05, 4.69) is 11.4 Å². The van der Waals surface area contributed by atoms with E-state index < -0.39 is 17.8 Å². The number of rotatable bonds is 4. The highest BCUT2D eigenvalue weighted by atomic mass is 35.5. The van der Waals surface area contributed by atoms with Gasteiger partial charge in [0.25, 0.3) is 0 Å². The monoisotopic (exact) mass is 428 g/mol. The van der Waals surface area contributed by atoms with Crippen molar-refractivity contribution in [3.63, 3.8) is 0 Å². The van der Waals surface area contributed by atoms with Gasteiger partial charge in [-0.05, 0) is 42.9 Å². The van der Waals surface area contributed by atoms with Crippen molar-refractivity contribution < 1.29 is 18.0 Å². The summed E-state index contributed by atoms with van der Waals surface area (Å²) < 4.78 is 39.5. The largest absolute Gasteiger partial charge is 0.417 e. The van der Waals surface area contributed by atoms with Crippen molar-refractivity contribution in [2.75, 3.05) is 18.1 Å². The molecule has 150 valence electrons. The maximum atomic E-state index is 13.2. The smallest absolute Gasteiger partial charge is 0.324 e. The number of halogens is 4. The van der Waals surface area contributed by atoms with Crippen LogP contribution in [0.5, 0.6) is 0 Å². The summed E-state index contributed by atoms with van der Waals surface area (Å²) in [6, 6.07) is 9.74. The van der Waals surface area contributed by atoms with Gasteiger partial charge in [-0.15, -0.1) is 11.8 Å². The van der Waals surface area contributed by atoms with Crippen molar-refractivity contribution in [2.24, 2.45) is 0 Å². The number of fused-ring (bicyclic) bond motifs is 1. The zero-order valence-corrected chi connectivity index (χ0v) is 17.0. The minimum atomic E-state index is -4.59. The summed E-state index contributed by atoms with van der Waals surface area (Å²) in [6.07, 6.45) is -2.03.